The first kappa shape index (κ1) is 14.9. The van der Waals surface area contributed by atoms with E-state index in [1.807, 2.05) is 6.92 Å². The molecule has 0 aromatic rings. The molecule has 0 saturated heterocycles. The molecule has 0 aliphatic carbocycles. The number of hydrogen-bond donors (Lipinski definition) is 3. The molecular formula is C5H16NO4PS. The van der Waals surface area contributed by atoms with Crippen molar-refractivity contribution in [3.63, 3.8) is 0 Å². The highest BCUT2D eigenvalue weighted by Crippen LogP contribution is 2.35. The highest BCUT2D eigenvalue weighted by atomic mass is 32.5. The van der Waals surface area contributed by atoms with Crippen molar-refractivity contribution >= 4 is 18.5 Å². The third-order valence-electron chi connectivity index (χ3n) is 0.836. The van der Waals surface area contributed by atoms with Gasteiger partial charge in [-0.3, -0.25) is 0 Å². The van der Waals surface area contributed by atoms with E-state index in [4.69, 9.17) is 14.5 Å². The largest absolute Gasteiger partial charge is 0.379 e. The lowest BCUT2D eigenvalue weighted by atomic mass is 10.5. The normalized spacial score (nSPS) is 10.9. The lowest BCUT2D eigenvalue weighted by molar-refractivity contribution is 0.0947. The van der Waals surface area contributed by atoms with E-state index in [1.54, 1.807) is 0 Å². The van der Waals surface area contributed by atoms with Gasteiger partial charge < -0.3 is 25.2 Å². The first-order valence-corrected chi connectivity index (χ1v) is 5.96. The van der Waals surface area contributed by atoms with Crippen LogP contribution < -0.4 is 6.15 Å². The van der Waals surface area contributed by atoms with Gasteiger partial charge in [-0.15, -0.1) is 0 Å². The quantitative estimate of drug-likeness (QED) is 0.450. The molecule has 12 heavy (non-hydrogen) atoms. The Bertz CT molecular complexity index is 139. The second kappa shape index (κ2) is 8.07. The second-order valence-electron chi connectivity index (χ2n) is 1.94. The lowest BCUT2D eigenvalue weighted by Gasteiger charge is -2.07. The van der Waals surface area contributed by atoms with Crippen LogP contribution in [0.2, 0.25) is 0 Å². The van der Waals surface area contributed by atoms with Crippen LogP contribution in [0.3, 0.4) is 0 Å². The first-order valence-electron chi connectivity index (χ1n) is 3.34. The Hall–Kier alpha value is 0.450. The molecule has 0 heterocycles. The van der Waals surface area contributed by atoms with Crippen molar-refractivity contribution in [1.29, 1.82) is 0 Å². The summed E-state index contributed by atoms with van der Waals surface area (Å²) in [7, 11) is 0. The van der Waals surface area contributed by atoms with E-state index in [0.29, 0.717) is 13.2 Å². The van der Waals surface area contributed by atoms with Crippen molar-refractivity contribution in [1.82, 2.24) is 6.15 Å². The van der Waals surface area contributed by atoms with E-state index in [0.717, 1.165) is 6.42 Å². The standard InChI is InChI=1S/C5H13O4PS.H3N/c1-2-3-8-4-5-9-10(6,7)11;/h2-5H2,1H3,(H2,6,7,11);1H3. The van der Waals surface area contributed by atoms with Crippen LogP contribution in [0.1, 0.15) is 13.3 Å². The predicted octanol–water partition coefficient (Wildman–Crippen LogP) is 0.801. The summed E-state index contributed by atoms with van der Waals surface area (Å²) in [4.78, 5) is 17.2. The Morgan fingerprint density at radius 3 is 2.25 bits per heavy atom. The van der Waals surface area contributed by atoms with Gasteiger partial charge >= 0.3 is 6.72 Å². The van der Waals surface area contributed by atoms with Crippen LogP contribution in [-0.2, 0) is 21.1 Å². The van der Waals surface area contributed by atoms with Gasteiger partial charge in [0.25, 0.3) is 0 Å². The van der Waals surface area contributed by atoms with Crippen molar-refractivity contribution in [3.8, 4) is 0 Å². The molecular weight excluding hydrogens is 201 g/mol. The molecule has 5 N–H and O–H groups in total. The Balaban J connectivity index is 0. The summed E-state index contributed by atoms with van der Waals surface area (Å²) in [5.74, 6) is 0. The van der Waals surface area contributed by atoms with Crippen molar-refractivity contribution in [3.05, 3.63) is 0 Å². The Morgan fingerprint density at radius 1 is 1.25 bits per heavy atom. The number of hydrogen-bond acceptors (Lipinski definition) is 4. The molecule has 0 aromatic heterocycles. The van der Waals surface area contributed by atoms with Gasteiger partial charge in [0.2, 0.25) is 0 Å². The minimum Gasteiger partial charge on any atom is -0.379 e. The Labute approximate surface area is 77.5 Å². The molecule has 0 amide bonds. The average molecular weight is 217 g/mol. The molecule has 0 unspecified atom stereocenters. The number of rotatable bonds is 6. The molecule has 0 radical (unpaired) electrons. The fraction of sp³-hybridized carbons (Fsp3) is 1.00. The Morgan fingerprint density at radius 2 is 1.83 bits per heavy atom. The average Bonchev–Trinajstić information content (AvgIpc) is 1.85. The zero-order valence-electron chi connectivity index (χ0n) is 7.10. The van der Waals surface area contributed by atoms with Gasteiger partial charge in [-0.05, 0) is 18.2 Å². The van der Waals surface area contributed by atoms with E-state index in [1.165, 1.54) is 0 Å². The van der Waals surface area contributed by atoms with Crippen LogP contribution in [0.5, 0.6) is 0 Å². The summed E-state index contributed by atoms with van der Waals surface area (Å²) in [5, 5.41) is 0. The summed E-state index contributed by atoms with van der Waals surface area (Å²) in [6.45, 7) is -0.318. The topological polar surface area (TPSA) is 93.9 Å². The maximum absolute atomic E-state index is 8.58. The molecule has 5 nitrogen and oxygen atoms in total. The molecule has 0 saturated carbocycles. The highest BCUT2D eigenvalue weighted by molar-refractivity contribution is 8.06. The van der Waals surface area contributed by atoms with E-state index in [9.17, 15) is 0 Å². The van der Waals surface area contributed by atoms with Crippen LogP contribution in [0.4, 0.5) is 0 Å². The first-order chi connectivity index (χ1) is 5.06. The smallest absolute Gasteiger partial charge is 0.321 e. The molecule has 0 aliphatic rings. The third-order valence-corrected chi connectivity index (χ3v) is 1.67. The van der Waals surface area contributed by atoms with E-state index < -0.39 is 6.72 Å². The van der Waals surface area contributed by atoms with Gasteiger partial charge in [-0.25, -0.2) is 0 Å². The maximum atomic E-state index is 8.58. The Kier molecular flexibility index (Phi) is 10.0. The van der Waals surface area contributed by atoms with Crippen molar-refractivity contribution in [2.24, 2.45) is 0 Å². The van der Waals surface area contributed by atoms with Crippen LogP contribution >= 0.6 is 6.72 Å². The zero-order chi connectivity index (χ0) is 8.74. The summed E-state index contributed by atoms with van der Waals surface area (Å²) in [6, 6.07) is 0. The molecule has 7 heteroatoms. The highest BCUT2D eigenvalue weighted by Gasteiger charge is 2.05. The molecule has 0 rings (SSSR count). The van der Waals surface area contributed by atoms with Gasteiger partial charge in [-0.1, -0.05) is 6.92 Å². The van der Waals surface area contributed by atoms with Gasteiger partial charge in [0.05, 0.1) is 13.2 Å². The van der Waals surface area contributed by atoms with Gasteiger partial charge in [0.1, 0.15) is 0 Å². The summed E-state index contributed by atoms with van der Waals surface area (Å²) in [5.41, 5.74) is 0. The zero-order valence-corrected chi connectivity index (χ0v) is 8.81. The maximum Gasteiger partial charge on any atom is 0.321 e. The van der Waals surface area contributed by atoms with Crippen molar-refractivity contribution < 1.29 is 19.0 Å². The minimum absolute atomic E-state index is 0. The molecule has 0 aliphatic heterocycles. The molecule has 0 aromatic carbocycles. The van der Waals surface area contributed by atoms with Crippen LogP contribution in [0.15, 0.2) is 0 Å². The van der Waals surface area contributed by atoms with E-state index in [-0.39, 0.29) is 12.8 Å². The summed E-state index contributed by atoms with van der Waals surface area (Å²) in [6.07, 6.45) is 0.937. The van der Waals surface area contributed by atoms with Gasteiger partial charge in [-0.2, -0.15) is 0 Å². The van der Waals surface area contributed by atoms with E-state index in [2.05, 4.69) is 16.3 Å². The van der Waals surface area contributed by atoms with E-state index >= 15 is 0 Å². The molecule has 0 fully saturated rings. The van der Waals surface area contributed by atoms with Gasteiger partial charge in [0, 0.05) is 6.61 Å². The third kappa shape index (κ3) is 13.1. The van der Waals surface area contributed by atoms with Crippen LogP contribution in [0, 0.1) is 0 Å². The minimum atomic E-state index is -3.46. The predicted molar refractivity (Wildman–Crippen MR) is 50.8 cm³/mol. The monoisotopic (exact) mass is 217 g/mol. The summed E-state index contributed by atoms with van der Waals surface area (Å²) >= 11 is 4.21. The number of ether oxygens (including phenoxy) is 1. The lowest BCUT2D eigenvalue weighted by Crippen LogP contribution is -2.03. The summed E-state index contributed by atoms with van der Waals surface area (Å²) < 4.78 is 9.49. The molecule has 76 valence electrons. The van der Waals surface area contributed by atoms with Crippen molar-refractivity contribution in [2.75, 3.05) is 19.8 Å². The van der Waals surface area contributed by atoms with Crippen LogP contribution in [-0.4, -0.2) is 29.6 Å². The van der Waals surface area contributed by atoms with Crippen LogP contribution in [0.25, 0.3) is 0 Å². The fourth-order valence-electron chi connectivity index (χ4n) is 0.462. The van der Waals surface area contributed by atoms with Gasteiger partial charge in [0.15, 0.2) is 0 Å². The van der Waals surface area contributed by atoms with Crippen molar-refractivity contribution in [2.45, 2.75) is 13.3 Å². The fourth-order valence-corrected chi connectivity index (χ4v) is 0.997. The molecule has 0 bridgehead atoms. The SMILES string of the molecule is CCCOCCOP(O)(O)=S.N. The molecule has 0 atom stereocenters. The second-order valence-corrected chi connectivity index (χ2v) is 4.60. The molecule has 0 spiro atoms.